The Labute approximate surface area is 86.7 Å². The molecule has 0 spiro atoms. The third-order valence-corrected chi connectivity index (χ3v) is 2.27. The van der Waals surface area contributed by atoms with Crippen molar-refractivity contribution in [1.29, 1.82) is 0 Å². The molecule has 1 aliphatic heterocycles. The average Bonchev–Trinajstić information content (AvgIpc) is 2.15. The minimum absolute atomic E-state index is 0.0283. The Morgan fingerprint density at radius 1 is 1.69 bits per heavy atom. The van der Waals surface area contributed by atoms with Crippen molar-refractivity contribution in [2.24, 2.45) is 5.92 Å². The fraction of sp³-hybridized carbons (Fsp3) is 0.667. The van der Waals surface area contributed by atoms with E-state index in [0.29, 0.717) is 13.2 Å². The van der Waals surface area contributed by atoms with Crippen molar-refractivity contribution in [3.63, 3.8) is 0 Å². The van der Waals surface area contributed by atoms with Gasteiger partial charge in [0.25, 0.3) is 0 Å². The van der Waals surface area contributed by atoms with Crippen LogP contribution in [0.1, 0.15) is 12.8 Å². The van der Waals surface area contributed by atoms with E-state index in [-0.39, 0.29) is 11.8 Å². The predicted molar refractivity (Wildman–Crippen MR) is 54.6 cm³/mol. The van der Waals surface area contributed by atoms with Gasteiger partial charge < -0.3 is 10.1 Å². The molecule has 13 heavy (non-hydrogen) atoms. The van der Waals surface area contributed by atoms with Crippen molar-refractivity contribution in [3.05, 3.63) is 11.1 Å². The maximum absolute atomic E-state index is 11.4. The van der Waals surface area contributed by atoms with Crippen molar-refractivity contribution in [3.8, 4) is 0 Å². The molecule has 0 aromatic rings. The van der Waals surface area contributed by atoms with Crippen LogP contribution in [0.3, 0.4) is 0 Å². The van der Waals surface area contributed by atoms with Crippen molar-refractivity contribution in [2.45, 2.75) is 12.8 Å². The summed E-state index contributed by atoms with van der Waals surface area (Å²) in [6.45, 7) is 5.48. The van der Waals surface area contributed by atoms with E-state index >= 15 is 0 Å². The van der Waals surface area contributed by atoms with E-state index in [1.165, 1.54) is 0 Å². The van der Waals surface area contributed by atoms with Crippen LogP contribution in [0, 0.1) is 5.92 Å². The first-order chi connectivity index (χ1) is 6.20. The molecule has 1 aliphatic rings. The van der Waals surface area contributed by atoms with E-state index in [4.69, 9.17) is 4.74 Å². The predicted octanol–water partition coefficient (Wildman–Crippen LogP) is 1.44. The van der Waals surface area contributed by atoms with Gasteiger partial charge in [0.1, 0.15) is 0 Å². The third-order valence-electron chi connectivity index (χ3n) is 1.99. The minimum atomic E-state index is 0.0283. The van der Waals surface area contributed by atoms with E-state index in [0.717, 1.165) is 23.9 Å². The lowest BCUT2D eigenvalue weighted by molar-refractivity contribution is -0.128. The lowest BCUT2D eigenvalue weighted by Gasteiger charge is -2.21. The zero-order valence-electron chi connectivity index (χ0n) is 7.51. The normalized spacial score (nSPS) is 22.4. The van der Waals surface area contributed by atoms with Gasteiger partial charge in [-0.1, -0.05) is 22.5 Å². The number of carbonyl (C=O) groups is 1. The Morgan fingerprint density at radius 2 is 2.46 bits per heavy atom. The molecule has 1 fully saturated rings. The number of carbonyl (C=O) groups excluding carboxylic acids is 1. The molecule has 74 valence electrons. The Morgan fingerprint density at radius 3 is 3.00 bits per heavy atom. The molecule has 0 saturated carbocycles. The Hall–Kier alpha value is -0.350. The van der Waals surface area contributed by atoms with Gasteiger partial charge in [-0.05, 0) is 12.8 Å². The SMILES string of the molecule is C=C(Br)CNC(=O)C1CCCOC1. The Kier molecular flexibility index (Phi) is 4.45. The van der Waals surface area contributed by atoms with Crippen molar-refractivity contribution in [1.82, 2.24) is 5.32 Å². The van der Waals surface area contributed by atoms with Crippen LogP contribution in [-0.2, 0) is 9.53 Å². The fourth-order valence-corrected chi connectivity index (χ4v) is 1.42. The molecule has 1 saturated heterocycles. The summed E-state index contributed by atoms with van der Waals surface area (Å²) in [4.78, 5) is 11.4. The molecule has 0 aromatic heterocycles. The van der Waals surface area contributed by atoms with Crippen LogP contribution in [-0.4, -0.2) is 25.7 Å². The van der Waals surface area contributed by atoms with Gasteiger partial charge in [-0.15, -0.1) is 0 Å². The number of ether oxygens (including phenoxy) is 1. The van der Waals surface area contributed by atoms with Gasteiger partial charge in [-0.2, -0.15) is 0 Å². The zero-order chi connectivity index (χ0) is 9.68. The van der Waals surface area contributed by atoms with Crippen molar-refractivity contribution >= 4 is 21.8 Å². The monoisotopic (exact) mass is 247 g/mol. The average molecular weight is 248 g/mol. The molecule has 1 atom stereocenters. The molecule has 0 radical (unpaired) electrons. The second-order valence-electron chi connectivity index (χ2n) is 3.15. The first-order valence-electron chi connectivity index (χ1n) is 4.39. The summed E-state index contributed by atoms with van der Waals surface area (Å²) in [5, 5.41) is 2.79. The van der Waals surface area contributed by atoms with Gasteiger partial charge in [-0.3, -0.25) is 4.79 Å². The number of amides is 1. The number of halogens is 1. The highest BCUT2D eigenvalue weighted by Gasteiger charge is 2.20. The number of nitrogens with one attached hydrogen (secondary N) is 1. The highest BCUT2D eigenvalue weighted by atomic mass is 79.9. The summed E-state index contributed by atoms with van der Waals surface area (Å²) in [6.07, 6.45) is 1.91. The van der Waals surface area contributed by atoms with Gasteiger partial charge in [-0.25, -0.2) is 0 Å². The zero-order valence-corrected chi connectivity index (χ0v) is 9.10. The summed E-state index contributed by atoms with van der Waals surface area (Å²) < 4.78 is 6.00. The highest BCUT2D eigenvalue weighted by Crippen LogP contribution is 2.13. The fourth-order valence-electron chi connectivity index (χ4n) is 1.27. The van der Waals surface area contributed by atoms with E-state index < -0.39 is 0 Å². The third kappa shape index (κ3) is 3.91. The highest BCUT2D eigenvalue weighted by molar-refractivity contribution is 9.11. The summed E-state index contributed by atoms with van der Waals surface area (Å²) in [5.74, 6) is 0.0981. The molecule has 1 rings (SSSR count). The van der Waals surface area contributed by atoms with Gasteiger partial charge in [0.2, 0.25) is 5.91 Å². The maximum atomic E-state index is 11.4. The molecular formula is C9H14BrNO2. The van der Waals surface area contributed by atoms with E-state index in [9.17, 15) is 4.79 Å². The summed E-state index contributed by atoms with van der Waals surface area (Å²) >= 11 is 3.19. The largest absolute Gasteiger partial charge is 0.381 e. The van der Waals surface area contributed by atoms with Crippen molar-refractivity contribution in [2.75, 3.05) is 19.8 Å². The van der Waals surface area contributed by atoms with Gasteiger partial charge >= 0.3 is 0 Å². The van der Waals surface area contributed by atoms with E-state index in [1.54, 1.807) is 0 Å². The minimum Gasteiger partial charge on any atom is -0.381 e. The summed E-state index contributed by atoms with van der Waals surface area (Å²) in [6, 6.07) is 0. The van der Waals surface area contributed by atoms with E-state index in [1.807, 2.05) is 0 Å². The van der Waals surface area contributed by atoms with E-state index in [2.05, 4.69) is 27.8 Å². The van der Waals surface area contributed by atoms with Crippen LogP contribution >= 0.6 is 15.9 Å². The quantitative estimate of drug-likeness (QED) is 0.820. The van der Waals surface area contributed by atoms with Gasteiger partial charge in [0, 0.05) is 17.6 Å². The van der Waals surface area contributed by atoms with Crippen LogP contribution in [0.2, 0.25) is 0 Å². The standard InChI is InChI=1S/C9H14BrNO2/c1-7(10)5-11-9(12)8-3-2-4-13-6-8/h8H,1-6H2,(H,11,12). The second-order valence-corrected chi connectivity index (χ2v) is 4.27. The summed E-state index contributed by atoms with van der Waals surface area (Å²) in [7, 11) is 0. The molecule has 4 heteroatoms. The molecule has 1 heterocycles. The smallest absolute Gasteiger partial charge is 0.225 e. The van der Waals surface area contributed by atoms with Crippen LogP contribution in [0.5, 0.6) is 0 Å². The Bertz CT molecular complexity index is 200. The topological polar surface area (TPSA) is 38.3 Å². The van der Waals surface area contributed by atoms with Gasteiger partial charge in [0.05, 0.1) is 12.5 Å². The molecule has 0 aromatic carbocycles. The van der Waals surface area contributed by atoms with Crippen LogP contribution < -0.4 is 5.32 Å². The Balaban J connectivity index is 2.25. The first kappa shape index (κ1) is 10.7. The molecule has 1 N–H and O–H groups in total. The van der Waals surface area contributed by atoms with Crippen LogP contribution in [0.25, 0.3) is 0 Å². The maximum Gasteiger partial charge on any atom is 0.225 e. The molecule has 3 nitrogen and oxygen atoms in total. The first-order valence-corrected chi connectivity index (χ1v) is 5.18. The number of hydrogen-bond acceptors (Lipinski definition) is 2. The molecule has 1 unspecified atom stereocenters. The molecule has 1 amide bonds. The van der Waals surface area contributed by atoms with Crippen molar-refractivity contribution < 1.29 is 9.53 Å². The summed E-state index contributed by atoms with van der Waals surface area (Å²) in [5.41, 5.74) is 0. The van der Waals surface area contributed by atoms with Gasteiger partial charge in [0.15, 0.2) is 0 Å². The van der Waals surface area contributed by atoms with Crippen LogP contribution in [0.15, 0.2) is 11.1 Å². The molecular weight excluding hydrogens is 234 g/mol. The lowest BCUT2D eigenvalue weighted by atomic mass is 10.0. The second kappa shape index (κ2) is 5.40. The van der Waals surface area contributed by atoms with Crippen LogP contribution in [0.4, 0.5) is 0 Å². The number of rotatable bonds is 3. The lowest BCUT2D eigenvalue weighted by Crippen LogP contribution is -2.36. The molecule has 0 bridgehead atoms. The number of hydrogen-bond donors (Lipinski definition) is 1. The molecule has 0 aliphatic carbocycles.